The first kappa shape index (κ1) is 22.2. The Morgan fingerprint density at radius 1 is 1.20 bits per heavy atom. The van der Waals surface area contributed by atoms with Gasteiger partial charge in [0.1, 0.15) is 5.01 Å². The lowest BCUT2D eigenvalue weighted by atomic mass is 10.2. The van der Waals surface area contributed by atoms with Crippen LogP contribution in [0.2, 0.25) is 0 Å². The van der Waals surface area contributed by atoms with E-state index in [1.165, 1.54) is 22.7 Å². The number of hydrogen-bond acceptors (Lipinski definition) is 6. The number of anilines is 1. The summed E-state index contributed by atoms with van der Waals surface area (Å²) < 4.78 is 32.6. The second-order valence-electron chi connectivity index (χ2n) is 6.30. The average Bonchev–Trinajstić information content (AvgIpc) is 3.17. The van der Waals surface area contributed by atoms with E-state index < -0.39 is 17.6 Å². The largest absolute Gasteiger partial charge is 0.466 e. The molecule has 0 unspecified atom stereocenters. The molecule has 0 aliphatic carbocycles. The van der Waals surface area contributed by atoms with Gasteiger partial charge >= 0.3 is 5.97 Å². The van der Waals surface area contributed by atoms with Gasteiger partial charge in [-0.05, 0) is 43.5 Å². The molecule has 1 aromatic heterocycles. The van der Waals surface area contributed by atoms with Gasteiger partial charge < -0.3 is 9.64 Å². The second kappa shape index (κ2) is 9.99. The van der Waals surface area contributed by atoms with Crippen LogP contribution in [0.3, 0.4) is 0 Å². The summed E-state index contributed by atoms with van der Waals surface area (Å²) in [5.41, 5.74) is 0.979. The average molecular weight is 451 g/mol. The molecule has 3 rings (SSSR count). The van der Waals surface area contributed by atoms with Gasteiger partial charge in [-0.25, -0.2) is 13.8 Å². The number of amides is 1. The Hall–Kier alpha value is -2.52. The Bertz CT molecular complexity index is 1070. The fraction of sp³-hybridized carbons (Fsp3) is 0.286. The van der Waals surface area contributed by atoms with Gasteiger partial charge in [0.05, 0.1) is 29.8 Å². The van der Waals surface area contributed by atoms with Crippen molar-refractivity contribution in [3.05, 3.63) is 53.0 Å². The third-order valence-corrected chi connectivity index (χ3v) is 6.08. The second-order valence-corrected chi connectivity index (χ2v) is 8.27. The van der Waals surface area contributed by atoms with Crippen molar-refractivity contribution in [1.82, 2.24) is 4.98 Å². The maximum absolute atomic E-state index is 14.1. The molecule has 158 valence electrons. The lowest BCUT2D eigenvalue weighted by Crippen LogP contribution is -2.30. The minimum atomic E-state index is -0.944. The maximum Gasteiger partial charge on any atom is 0.306 e. The molecule has 1 heterocycles. The summed E-state index contributed by atoms with van der Waals surface area (Å²) in [6.45, 7) is 2.04. The quantitative estimate of drug-likeness (QED) is 0.350. The monoisotopic (exact) mass is 450 g/mol. The molecule has 0 spiro atoms. The molecule has 0 aliphatic heterocycles. The fourth-order valence-corrected chi connectivity index (χ4v) is 4.30. The van der Waals surface area contributed by atoms with Gasteiger partial charge in [0, 0.05) is 17.0 Å². The summed E-state index contributed by atoms with van der Waals surface area (Å²) in [6, 6.07) is 9.85. The number of ether oxygens (including phenoxy) is 1. The highest BCUT2D eigenvalue weighted by atomic mass is 32.2. The fourth-order valence-electron chi connectivity index (χ4n) is 2.86. The number of thioether (sulfide) groups is 1. The first-order chi connectivity index (χ1) is 14.4. The molecule has 0 atom stereocenters. The van der Waals surface area contributed by atoms with E-state index in [1.807, 2.05) is 24.5 Å². The van der Waals surface area contributed by atoms with Gasteiger partial charge in [-0.15, -0.1) is 23.1 Å². The van der Waals surface area contributed by atoms with Crippen LogP contribution in [0.5, 0.6) is 0 Å². The zero-order valence-corrected chi connectivity index (χ0v) is 18.1. The molecule has 3 aromatic rings. The van der Waals surface area contributed by atoms with E-state index >= 15 is 0 Å². The topological polar surface area (TPSA) is 59.5 Å². The van der Waals surface area contributed by atoms with Crippen LogP contribution in [0.25, 0.3) is 10.2 Å². The smallest absolute Gasteiger partial charge is 0.306 e. The Balaban J connectivity index is 1.89. The van der Waals surface area contributed by atoms with Crippen LogP contribution in [0.4, 0.5) is 14.5 Å². The SMILES string of the molecule is CCOC(=O)CCC(=O)N(Cc1nc2ccc(F)c(F)c2s1)c1cccc(SC)c1. The van der Waals surface area contributed by atoms with Crippen molar-refractivity contribution >= 4 is 50.9 Å². The number of nitrogens with zero attached hydrogens (tertiary/aromatic N) is 2. The Morgan fingerprint density at radius 2 is 2.00 bits per heavy atom. The van der Waals surface area contributed by atoms with Crippen molar-refractivity contribution in [3.8, 4) is 0 Å². The minimum absolute atomic E-state index is 0.0315. The van der Waals surface area contributed by atoms with Gasteiger partial charge in [-0.3, -0.25) is 9.59 Å². The Morgan fingerprint density at radius 3 is 2.73 bits per heavy atom. The lowest BCUT2D eigenvalue weighted by Gasteiger charge is -2.22. The van der Waals surface area contributed by atoms with Gasteiger partial charge in [-0.1, -0.05) is 6.07 Å². The number of carbonyl (C=O) groups excluding carboxylic acids is 2. The number of aromatic nitrogens is 1. The van der Waals surface area contributed by atoms with Crippen molar-refractivity contribution in [2.45, 2.75) is 31.2 Å². The van der Waals surface area contributed by atoms with Crippen molar-refractivity contribution in [1.29, 1.82) is 0 Å². The number of carbonyl (C=O) groups is 2. The van der Waals surface area contributed by atoms with Crippen LogP contribution in [-0.4, -0.2) is 29.7 Å². The van der Waals surface area contributed by atoms with Crippen LogP contribution in [-0.2, 0) is 20.9 Å². The summed E-state index contributed by atoms with van der Waals surface area (Å²) in [5.74, 6) is -2.61. The highest BCUT2D eigenvalue weighted by Gasteiger charge is 2.21. The summed E-state index contributed by atoms with van der Waals surface area (Å²) in [5, 5.41) is 0.466. The molecule has 0 aliphatic rings. The van der Waals surface area contributed by atoms with Gasteiger partial charge in [-0.2, -0.15) is 0 Å². The number of benzene rings is 2. The molecule has 1 amide bonds. The molecule has 2 aromatic carbocycles. The minimum Gasteiger partial charge on any atom is -0.466 e. The number of rotatable bonds is 8. The molecule has 5 nitrogen and oxygen atoms in total. The summed E-state index contributed by atoms with van der Waals surface area (Å²) in [4.78, 5) is 31.4. The van der Waals surface area contributed by atoms with Crippen molar-refractivity contribution in [2.75, 3.05) is 17.8 Å². The zero-order chi connectivity index (χ0) is 21.7. The maximum atomic E-state index is 14.1. The summed E-state index contributed by atoms with van der Waals surface area (Å²) in [6.07, 6.45) is 1.86. The van der Waals surface area contributed by atoms with E-state index in [0.717, 1.165) is 22.3 Å². The lowest BCUT2D eigenvalue weighted by molar-refractivity contribution is -0.144. The number of halogens is 2. The first-order valence-electron chi connectivity index (χ1n) is 9.26. The number of esters is 1. The summed E-state index contributed by atoms with van der Waals surface area (Å²) >= 11 is 2.54. The van der Waals surface area contributed by atoms with Crippen LogP contribution >= 0.6 is 23.1 Å². The third kappa shape index (κ3) is 5.14. The zero-order valence-electron chi connectivity index (χ0n) is 16.5. The Kier molecular flexibility index (Phi) is 7.38. The molecule has 0 N–H and O–H groups in total. The van der Waals surface area contributed by atoms with E-state index in [4.69, 9.17) is 4.74 Å². The molecular formula is C21H20F2N2O3S2. The first-order valence-corrected chi connectivity index (χ1v) is 11.3. The summed E-state index contributed by atoms with van der Waals surface area (Å²) in [7, 11) is 0. The van der Waals surface area contributed by atoms with Crippen molar-refractivity contribution < 1.29 is 23.1 Å². The number of hydrogen-bond donors (Lipinski definition) is 0. The predicted octanol–water partition coefficient (Wildman–Crippen LogP) is 5.17. The molecule has 30 heavy (non-hydrogen) atoms. The highest BCUT2D eigenvalue weighted by molar-refractivity contribution is 7.98. The molecule has 0 bridgehead atoms. The Labute approximate surface area is 181 Å². The van der Waals surface area contributed by atoms with Gasteiger partial charge in [0.25, 0.3) is 0 Å². The van der Waals surface area contributed by atoms with E-state index in [2.05, 4.69) is 4.98 Å². The third-order valence-electron chi connectivity index (χ3n) is 4.30. The van der Waals surface area contributed by atoms with Crippen LogP contribution in [0.15, 0.2) is 41.3 Å². The molecule has 0 saturated heterocycles. The van der Waals surface area contributed by atoms with Gasteiger partial charge in [0.2, 0.25) is 5.91 Å². The van der Waals surface area contributed by atoms with Crippen LogP contribution < -0.4 is 4.90 Å². The van der Waals surface area contributed by atoms with Crippen LogP contribution in [0.1, 0.15) is 24.8 Å². The molecule has 0 fully saturated rings. The molecule has 0 saturated carbocycles. The normalized spacial score (nSPS) is 10.9. The van der Waals surface area contributed by atoms with Crippen LogP contribution in [0, 0.1) is 11.6 Å². The number of fused-ring (bicyclic) bond motifs is 1. The molecule has 0 radical (unpaired) electrons. The van der Waals surface area contributed by atoms with Crippen molar-refractivity contribution in [3.63, 3.8) is 0 Å². The highest BCUT2D eigenvalue weighted by Crippen LogP contribution is 2.30. The van der Waals surface area contributed by atoms with E-state index in [-0.39, 0.29) is 36.6 Å². The molecular weight excluding hydrogens is 430 g/mol. The molecule has 9 heteroatoms. The predicted molar refractivity (Wildman–Crippen MR) is 115 cm³/mol. The van der Waals surface area contributed by atoms with E-state index in [0.29, 0.717) is 16.2 Å². The van der Waals surface area contributed by atoms with Crippen molar-refractivity contribution in [2.24, 2.45) is 0 Å². The van der Waals surface area contributed by atoms with Gasteiger partial charge in [0.15, 0.2) is 11.6 Å². The van der Waals surface area contributed by atoms with E-state index in [9.17, 15) is 18.4 Å². The van der Waals surface area contributed by atoms with E-state index in [1.54, 1.807) is 13.0 Å². The standard InChI is InChI=1S/C21H20F2N2O3S2/c1-3-28-19(27)10-9-18(26)25(13-5-4-6-14(11-13)29-2)12-17-24-16-8-7-15(22)20(23)21(16)30-17/h4-8,11H,3,9-10,12H2,1-2H3. The number of thiazole rings is 1.